The summed E-state index contributed by atoms with van der Waals surface area (Å²) in [4.78, 5) is 24.9. The van der Waals surface area contributed by atoms with Crippen LogP contribution in [0.1, 0.15) is 28.8 Å². The Hall–Kier alpha value is -1.66. The molecule has 0 aliphatic carbocycles. The zero-order valence-corrected chi connectivity index (χ0v) is 13.3. The number of nitro groups is 1. The fraction of sp³-hybridized carbons (Fsp3) is 0.533. The number of aryl methyl sites for hydroxylation is 1. The Labute approximate surface area is 135 Å². The zero-order valence-electron chi connectivity index (χ0n) is 12.4. The summed E-state index contributed by atoms with van der Waals surface area (Å²) in [6, 6.07) is 5.16. The molecule has 1 aromatic carbocycles. The highest BCUT2D eigenvalue weighted by Gasteiger charge is 2.34. The van der Waals surface area contributed by atoms with Crippen LogP contribution in [0.25, 0.3) is 0 Å². The number of nitrogens with one attached hydrogen (secondary N) is 1. The van der Waals surface area contributed by atoms with Gasteiger partial charge in [-0.25, -0.2) is 0 Å². The number of carbonyl (C=O) groups excluding carboxylic acids is 1. The van der Waals surface area contributed by atoms with Crippen molar-refractivity contribution in [2.24, 2.45) is 5.92 Å². The van der Waals surface area contributed by atoms with Crippen LogP contribution in [-0.2, 0) is 0 Å². The molecule has 1 aromatic rings. The second-order valence-corrected chi connectivity index (χ2v) is 5.91. The molecule has 1 amide bonds. The first kappa shape index (κ1) is 16.7. The molecule has 0 aromatic heterocycles. The molecule has 7 heteroatoms. The van der Waals surface area contributed by atoms with Gasteiger partial charge in [0, 0.05) is 36.3 Å². The van der Waals surface area contributed by atoms with E-state index in [0.29, 0.717) is 23.1 Å². The second-order valence-electron chi connectivity index (χ2n) is 5.91. The van der Waals surface area contributed by atoms with Gasteiger partial charge in [-0.2, -0.15) is 0 Å². The number of nitrogens with zero attached hydrogens (tertiary/aromatic N) is 2. The molecule has 2 fully saturated rings. The zero-order chi connectivity index (χ0) is 15.0. The minimum atomic E-state index is -0.417. The van der Waals surface area contributed by atoms with Gasteiger partial charge in [0.05, 0.1) is 4.92 Å². The number of rotatable bonds is 2. The van der Waals surface area contributed by atoms with E-state index < -0.39 is 4.92 Å². The van der Waals surface area contributed by atoms with E-state index in [1.165, 1.54) is 6.07 Å². The van der Waals surface area contributed by atoms with Crippen LogP contribution in [0.15, 0.2) is 18.2 Å². The monoisotopic (exact) mass is 325 g/mol. The summed E-state index contributed by atoms with van der Waals surface area (Å²) < 4.78 is 0. The summed E-state index contributed by atoms with van der Waals surface area (Å²) >= 11 is 0. The number of halogens is 1. The molecule has 6 nitrogen and oxygen atoms in total. The molecular formula is C15H20ClN3O3. The third-order valence-corrected chi connectivity index (χ3v) is 4.58. The van der Waals surface area contributed by atoms with Crippen LogP contribution >= 0.6 is 12.4 Å². The van der Waals surface area contributed by atoms with Crippen LogP contribution in [0.3, 0.4) is 0 Å². The lowest BCUT2D eigenvalue weighted by Gasteiger charge is -2.35. The van der Waals surface area contributed by atoms with Gasteiger partial charge in [-0.3, -0.25) is 14.9 Å². The fourth-order valence-electron chi connectivity index (χ4n) is 3.41. The van der Waals surface area contributed by atoms with Crippen molar-refractivity contribution >= 4 is 24.0 Å². The van der Waals surface area contributed by atoms with Crippen molar-refractivity contribution in [3.05, 3.63) is 39.4 Å². The van der Waals surface area contributed by atoms with Crippen molar-refractivity contribution in [1.29, 1.82) is 0 Å². The average Bonchev–Trinajstić information content (AvgIpc) is 2.93. The van der Waals surface area contributed by atoms with E-state index in [0.717, 1.165) is 32.5 Å². The third kappa shape index (κ3) is 3.08. The molecule has 0 bridgehead atoms. The lowest BCUT2D eigenvalue weighted by atomic mass is 9.93. The van der Waals surface area contributed by atoms with Gasteiger partial charge in [-0.05, 0) is 44.4 Å². The van der Waals surface area contributed by atoms with E-state index in [9.17, 15) is 14.9 Å². The van der Waals surface area contributed by atoms with Gasteiger partial charge >= 0.3 is 0 Å². The normalized spacial score (nSPS) is 23.6. The number of amides is 1. The van der Waals surface area contributed by atoms with Crippen LogP contribution in [0.5, 0.6) is 0 Å². The van der Waals surface area contributed by atoms with E-state index in [2.05, 4.69) is 5.32 Å². The minimum Gasteiger partial charge on any atom is -0.338 e. The number of benzene rings is 1. The van der Waals surface area contributed by atoms with Crippen LogP contribution < -0.4 is 5.32 Å². The third-order valence-electron chi connectivity index (χ3n) is 4.58. The lowest BCUT2D eigenvalue weighted by Crippen LogP contribution is -2.46. The van der Waals surface area contributed by atoms with Gasteiger partial charge < -0.3 is 10.2 Å². The van der Waals surface area contributed by atoms with E-state index in [1.807, 2.05) is 4.90 Å². The van der Waals surface area contributed by atoms with Crippen molar-refractivity contribution in [2.75, 3.05) is 19.6 Å². The Morgan fingerprint density at radius 1 is 1.41 bits per heavy atom. The van der Waals surface area contributed by atoms with Crippen molar-refractivity contribution in [3.63, 3.8) is 0 Å². The van der Waals surface area contributed by atoms with Gasteiger partial charge in [0.2, 0.25) is 0 Å². The quantitative estimate of drug-likeness (QED) is 0.667. The molecular weight excluding hydrogens is 306 g/mol. The molecule has 2 saturated heterocycles. The summed E-state index contributed by atoms with van der Waals surface area (Å²) in [5.74, 6) is 0.528. The Balaban J connectivity index is 0.00000176. The maximum Gasteiger partial charge on any atom is 0.272 e. The number of likely N-dealkylation sites (tertiary alicyclic amines) is 1. The van der Waals surface area contributed by atoms with Crippen molar-refractivity contribution < 1.29 is 9.72 Å². The SMILES string of the molecule is Cc1cc(C(=O)N2CCC3NCCC3C2)ccc1[N+](=O)[O-].Cl. The summed E-state index contributed by atoms with van der Waals surface area (Å²) in [5.41, 5.74) is 1.14. The molecule has 22 heavy (non-hydrogen) atoms. The molecule has 2 aliphatic rings. The summed E-state index contributed by atoms with van der Waals surface area (Å²) in [6.07, 6.45) is 2.11. The average molecular weight is 326 g/mol. The molecule has 0 saturated carbocycles. The van der Waals surface area contributed by atoms with E-state index in [1.54, 1.807) is 19.1 Å². The van der Waals surface area contributed by atoms with Crippen LogP contribution in [-0.4, -0.2) is 41.4 Å². The standard InChI is InChI=1S/C15H19N3O3.ClH/c1-10-8-11(2-3-14(10)18(20)21)15(19)17-7-5-13-12(9-17)4-6-16-13;/h2-3,8,12-13,16H,4-7,9H2,1H3;1H. The predicted molar refractivity (Wildman–Crippen MR) is 85.5 cm³/mol. The molecule has 0 radical (unpaired) electrons. The van der Waals surface area contributed by atoms with Gasteiger partial charge in [0.15, 0.2) is 0 Å². The summed E-state index contributed by atoms with van der Waals surface area (Å²) in [5, 5.41) is 14.3. The summed E-state index contributed by atoms with van der Waals surface area (Å²) in [6.45, 7) is 4.24. The van der Waals surface area contributed by atoms with Gasteiger partial charge in [-0.15, -0.1) is 12.4 Å². The van der Waals surface area contributed by atoms with E-state index in [4.69, 9.17) is 0 Å². The largest absolute Gasteiger partial charge is 0.338 e. The highest BCUT2D eigenvalue weighted by molar-refractivity contribution is 5.94. The Morgan fingerprint density at radius 3 is 2.86 bits per heavy atom. The number of fused-ring (bicyclic) bond motifs is 1. The predicted octanol–water partition coefficient (Wildman–Crippen LogP) is 2.15. The second kappa shape index (κ2) is 6.62. The van der Waals surface area contributed by atoms with E-state index in [-0.39, 0.29) is 24.0 Å². The Kier molecular flexibility index (Phi) is 5.03. The fourth-order valence-corrected chi connectivity index (χ4v) is 3.41. The molecule has 120 valence electrons. The topological polar surface area (TPSA) is 75.5 Å². The molecule has 3 rings (SSSR count). The maximum atomic E-state index is 12.6. The molecule has 2 heterocycles. The smallest absolute Gasteiger partial charge is 0.272 e. The molecule has 2 atom stereocenters. The minimum absolute atomic E-state index is 0. The highest BCUT2D eigenvalue weighted by atomic mass is 35.5. The molecule has 1 N–H and O–H groups in total. The number of hydrogen-bond acceptors (Lipinski definition) is 4. The first-order valence-corrected chi connectivity index (χ1v) is 7.34. The first-order valence-electron chi connectivity index (χ1n) is 7.34. The maximum absolute atomic E-state index is 12.6. The number of piperidine rings is 1. The van der Waals surface area contributed by atoms with Crippen LogP contribution in [0.2, 0.25) is 0 Å². The number of carbonyl (C=O) groups is 1. The number of nitro benzene ring substituents is 1. The molecule has 2 unspecified atom stereocenters. The van der Waals surface area contributed by atoms with Crippen molar-refractivity contribution in [1.82, 2.24) is 10.2 Å². The summed E-state index contributed by atoms with van der Waals surface area (Å²) in [7, 11) is 0. The van der Waals surface area contributed by atoms with Crippen LogP contribution in [0, 0.1) is 23.0 Å². The van der Waals surface area contributed by atoms with Gasteiger partial charge in [0.1, 0.15) is 0 Å². The van der Waals surface area contributed by atoms with Crippen molar-refractivity contribution in [2.45, 2.75) is 25.8 Å². The Bertz CT molecular complexity index is 593. The van der Waals surface area contributed by atoms with Gasteiger partial charge in [0.25, 0.3) is 11.6 Å². The molecule has 0 spiro atoms. The Morgan fingerprint density at radius 2 is 2.18 bits per heavy atom. The van der Waals surface area contributed by atoms with Gasteiger partial charge in [-0.1, -0.05) is 0 Å². The number of hydrogen-bond donors (Lipinski definition) is 1. The van der Waals surface area contributed by atoms with Crippen LogP contribution in [0.4, 0.5) is 5.69 Å². The highest BCUT2D eigenvalue weighted by Crippen LogP contribution is 2.26. The van der Waals surface area contributed by atoms with E-state index >= 15 is 0 Å². The lowest BCUT2D eigenvalue weighted by molar-refractivity contribution is -0.385. The molecule has 2 aliphatic heterocycles. The first-order chi connectivity index (χ1) is 10.1. The van der Waals surface area contributed by atoms with Crippen molar-refractivity contribution in [3.8, 4) is 0 Å².